The van der Waals surface area contributed by atoms with Crippen LogP contribution in [-0.4, -0.2) is 29.5 Å². The van der Waals surface area contributed by atoms with Crippen LogP contribution in [0.3, 0.4) is 0 Å². The van der Waals surface area contributed by atoms with Crippen LogP contribution in [0, 0.1) is 0 Å². The summed E-state index contributed by atoms with van der Waals surface area (Å²) in [5, 5.41) is 9.21. The fourth-order valence-corrected chi connectivity index (χ4v) is 3.71. The molecule has 1 aliphatic rings. The molecule has 1 aliphatic heterocycles. The number of halogens is 1. The van der Waals surface area contributed by atoms with Crippen molar-refractivity contribution >= 4 is 11.6 Å². The van der Waals surface area contributed by atoms with E-state index in [1.165, 1.54) is 0 Å². The second-order valence-corrected chi connectivity index (χ2v) is 7.44. The average molecular weight is 381 g/mol. The van der Waals surface area contributed by atoms with Crippen molar-refractivity contribution in [3.05, 3.63) is 52.8 Å². The summed E-state index contributed by atoms with van der Waals surface area (Å²) in [5.41, 5.74) is 5.87. The van der Waals surface area contributed by atoms with E-state index in [1.54, 1.807) is 6.33 Å². The fourth-order valence-electron chi connectivity index (χ4n) is 3.54. The van der Waals surface area contributed by atoms with Crippen LogP contribution in [0.25, 0.3) is 28.5 Å². The maximum atomic E-state index is 6.29. The second kappa shape index (κ2) is 5.79. The lowest BCUT2D eigenvalue weighted by Gasteiger charge is -2.11. The normalized spacial score (nSPS) is 12.6. The van der Waals surface area contributed by atoms with E-state index in [9.17, 15) is 0 Å². The second-order valence-electron chi connectivity index (χ2n) is 7.00. The Labute approximate surface area is 160 Å². The highest BCUT2D eigenvalue weighted by atomic mass is 35.5. The van der Waals surface area contributed by atoms with Crippen LogP contribution >= 0.6 is 11.6 Å². The number of imidazole rings is 1. The van der Waals surface area contributed by atoms with Gasteiger partial charge in [-0.25, -0.2) is 4.98 Å². The molecular formula is C19H17ClN6O. The fraction of sp³-hybridized carbons (Fsp3) is 0.263. The van der Waals surface area contributed by atoms with E-state index in [0.29, 0.717) is 28.9 Å². The molecule has 0 N–H and O–H groups in total. The zero-order chi connectivity index (χ0) is 18.7. The molecule has 0 fully saturated rings. The molecule has 5 rings (SSSR count). The van der Waals surface area contributed by atoms with Crippen molar-refractivity contribution in [2.45, 2.75) is 26.2 Å². The molecule has 0 spiro atoms. The molecule has 0 amide bonds. The number of rotatable bonds is 2. The lowest BCUT2D eigenvalue weighted by molar-refractivity contribution is 0.418. The van der Waals surface area contributed by atoms with Gasteiger partial charge in [-0.05, 0) is 18.2 Å². The van der Waals surface area contributed by atoms with Crippen LogP contribution in [-0.2, 0) is 13.5 Å². The van der Waals surface area contributed by atoms with Gasteiger partial charge in [-0.3, -0.25) is 4.68 Å². The Balaban J connectivity index is 1.76. The maximum absolute atomic E-state index is 6.29. The minimum absolute atomic E-state index is 0.191. The molecule has 4 heterocycles. The molecule has 0 unspecified atom stereocenters. The third-order valence-electron chi connectivity index (χ3n) is 4.87. The zero-order valence-electron chi connectivity index (χ0n) is 15.1. The van der Waals surface area contributed by atoms with E-state index < -0.39 is 0 Å². The summed E-state index contributed by atoms with van der Waals surface area (Å²) in [6.07, 6.45) is 4.35. The summed E-state index contributed by atoms with van der Waals surface area (Å²) in [6.45, 7) is 4.06. The highest BCUT2D eigenvalue weighted by Crippen LogP contribution is 2.38. The van der Waals surface area contributed by atoms with Gasteiger partial charge in [0, 0.05) is 35.5 Å². The van der Waals surface area contributed by atoms with Crippen LogP contribution in [0.5, 0.6) is 0 Å². The van der Waals surface area contributed by atoms with Crippen LogP contribution in [0.4, 0.5) is 0 Å². The summed E-state index contributed by atoms with van der Waals surface area (Å²) in [4.78, 5) is 9.12. The van der Waals surface area contributed by atoms with Gasteiger partial charge in [0.05, 0.1) is 23.3 Å². The molecule has 0 bridgehead atoms. The van der Waals surface area contributed by atoms with Gasteiger partial charge < -0.3 is 9.09 Å². The number of benzene rings is 1. The molecule has 27 heavy (non-hydrogen) atoms. The number of aromatic nitrogens is 6. The van der Waals surface area contributed by atoms with Crippen molar-refractivity contribution in [2.75, 3.05) is 0 Å². The van der Waals surface area contributed by atoms with Crippen LogP contribution in [0.2, 0.25) is 5.02 Å². The Morgan fingerprint density at radius 3 is 2.89 bits per heavy atom. The Morgan fingerprint density at radius 1 is 1.26 bits per heavy atom. The maximum Gasteiger partial charge on any atom is 0.278 e. The Hall–Kier alpha value is -2.93. The number of fused-ring (bicyclic) bond motifs is 5. The first-order valence-corrected chi connectivity index (χ1v) is 9.12. The molecule has 1 aromatic carbocycles. The van der Waals surface area contributed by atoms with Crippen molar-refractivity contribution in [3.8, 4) is 28.5 Å². The monoisotopic (exact) mass is 380 g/mol. The molecule has 4 aromatic rings. The van der Waals surface area contributed by atoms with Gasteiger partial charge in [0.1, 0.15) is 6.33 Å². The van der Waals surface area contributed by atoms with E-state index in [2.05, 4.69) is 24.8 Å². The number of hydrogen-bond donors (Lipinski definition) is 0. The van der Waals surface area contributed by atoms with Gasteiger partial charge in [0.25, 0.3) is 5.89 Å². The molecule has 0 atom stereocenters. The molecule has 136 valence electrons. The summed E-state index contributed by atoms with van der Waals surface area (Å²) < 4.78 is 9.45. The minimum Gasteiger partial charge on any atom is -0.332 e. The SMILES string of the molecule is CC(C)c1noc(-c2ncn3c2Cc2cnn(C)c2-c2cc(Cl)ccc2-3)n1. The molecule has 0 radical (unpaired) electrons. The lowest BCUT2D eigenvalue weighted by atomic mass is 10.0. The van der Waals surface area contributed by atoms with E-state index in [0.717, 1.165) is 28.2 Å². The smallest absolute Gasteiger partial charge is 0.278 e. The van der Waals surface area contributed by atoms with Crippen LogP contribution in [0.15, 0.2) is 35.2 Å². The van der Waals surface area contributed by atoms with Crippen LogP contribution < -0.4 is 0 Å². The number of nitrogens with zero attached hydrogens (tertiary/aromatic N) is 6. The first-order valence-electron chi connectivity index (χ1n) is 8.74. The zero-order valence-corrected chi connectivity index (χ0v) is 15.9. The van der Waals surface area contributed by atoms with Crippen molar-refractivity contribution in [1.82, 2.24) is 29.5 Å². The predicted octanol–water partition coefficient (Wildman–Crippen LogP) is 4.00. The third-order valence-corrected chi connectivity index (χ3v) is 5.11. The van der Waals surface area contributed by atoms with E-state index in [4.69, 9.17) is 16.1 Å². The predicted molar refractivity (Wildman–Crippen MR) is 101 cm³/mol. The average Bonchev–Trinajstić information content (AvgIpc) is 3.33. The highest BCUT2D eigenvalue weighted by Gasteiger charge is 2.27. The Kier molecular flexibility index (Phi) is 3.48. The molecule has 0 saturated carbocycles. The highest BCUT2D eigenvalue weighted by molar-refractivity contribution is 6.31. The minimum atomic E-state index is 0.191. The lowest BCUT2D eigenvalue weighted by Crippen LogP contribution is -2.00. The van der Waals surface area contributed by atoms with Gasteiger partial charge in [-0.2, -0.15) is 10.1 Å². The van der Waals surface area contributed by atoms with Gasteiger partial charge in [-0.1, -0.05) is 30.6 Å². The number of aryl methyl sites for hydroxylation is 1. The molecule has 0 aliphatic carbocycles. The molecular weight excluding hydrogens is 364 g/mol. The van der Waals surface area contributed by atoms with Gasteiger partial charge in [0.2, 0.25) is 0 Å². The summed E-state index contributed by atoms with van der Waals surface area (Å²) in [6, 6.07) is 5.85. The quantitative estimate of drug-likeness (QED) is 0.462. The van der Waals surface area contributed by atoms with E-state index in [-0.39, 0.29) is 5.92 Å². The van der Waals surface area contributed by atoms with E-state index >= 15 is 0 Å². The van der Waals surface area contributed by atoms with Crippen molar-refractivity contribution < 1.29 is 4.52 Å². The van der Waals surface area contributed by atoms with Crippen molar-refractivity contribution in [1.29, 1.82) is 0 Å². The Morgan fingerprint density at radius 2 is 2.11 bits per heavy atom. The summed E-state index contributed by atoms with van der Waals surface area (Å²) >= 11 is 6.29. The topological polar surface area (TPSA) is 74.6 Å². The van der Waals surface area contributed by atoms with Gasteiger partial charge >= 0.3 is 0 Å². The summed E-state index contributed by atoms with van der Waals surface area (Å²) in [7, 11) is 1.94. The standard InChI is InChI=1S/C19H17ClN6O/c1-10(2)18-23-19(27-24-18)16-15-6-11-8-22-25(3)17(11)13-7-12(20)4-5-14(13)26(15)9-21-16/h4-5,7-10H,6H2,1-3H3. The molecule has 3 aromatic heterocycles. The molecule has 8 heteroatoms. The van der Waals surface area contributed by atoms with Crippen molar-refractivity contribution in [2.24, 2.45) is 7.05 Å². The largest absolute Gasteiger partial charge is 0.332 e. The first kappa shape index (κ1) is 16.3. The van der Waals surface area contributed by atoms with Crippen LogP contribution in [0.1, 0.15) is 36.8 Å². The van der Waals surface area contributed by atoms with Crippen molar-refractivity contribution in [3.63, 3.8) is 0 Å². The van der Waals surface area contributed by atoms with Gasteiger partial charge in [0.15, 0.2) is 11.5 Å². The summed E-state index contributed by atoms with van der Waals surface area (Å²) in [5.74, 6) is 1.31. The Bertz CT molecular complexity index is 1170. The first-order chi connectivity index (χ1) is 13.0. The van der Waals surface area contributed by atoms with Gasteiger partial charge in [-0.15, -0.1) is 0 Å². The molecule has 0 saturated heterocycles. The number of hydrogen-bond acceptors (Lipinski definition) is 5. The third kappa shape index (κ3) is 2.42. The molecule has 7 nitrogen and oxygen atoms in total. The van der Waals surface area contributed by atoms with E-state index in [1.807, 2.05) is 50.0 Å².